The molecule has 1 aliphatic heterocycles. The third kappa shape index (κ3) is 3.81. The Balaban J connectivity index is 1.67. The van der Waals surface area contributed by atoms with E-state index in [0.717, 1.165) is 37.8 Å². The van der Waals surface area contributed by atoms with Crippen LogP contribution in [-0.2, 0) is 0 Å². The van der Waals surface area contributed by atoms with E-state index in [4.69, 9.17) is 9.47 Å². The van der Waals surface area contributed by atoms with E-state index < -0.39 is 0 Å². The molecule has 134 valence electrons. The molecular formula is C16H23N7O2. The van der Waals surface area contributed by atoms with E-state index in [1.807, 2.05) is 31.1 Å². The van der Waals surface area contributed by atoms with Crippen molar-refractivity contribution in [1.82, 2.24) is 20.2 Å². The van der Waals surface area contributed by atoms with Gasteiger partial charge >= 0.3 is 0 Å². The molecule has 0 radical (unpaired) electrons. The number of hydrogen-bond acceptors (Lipinski definition) is 9. The first kappa shape index (κ1) is 17.0. The van der Waals surface area contributed by atoms with Gasteiger partial charge in [0.15, 0.2) is 11.6 Å². The van der Waals surface area contributed by atoms with Crippen molar-refractivity contribution in [3.63, 3.8) is 0 Å². The average molecular weight is 345 g/mol. The van der Waals surface area contributed by atoms with Gasteiger partial charge in [0, 0.05) is 40.3 Å². The molecule has 9 heteroatoms. The maximum Gasteiger partial charge on any atom is 0.232 e. The molecule has 0 aliphatic carbocycles. The highest BCUT2D eigenvalue weighted by Gasteiger charge is 2.21. The Bertz CT molecular complexity index is 678. The average Bonchev–Trinajstić information content (AvgIpc) is 2.67. The second kappa shape index (κ2) is 7.37. The van der Waals surface area contributed by atoms with Crippen molar-refractivity contribution in [2.24, 2.45) is 0 Å². The largest absolute Gasteiger partial charge is 0.481 e. The van der Waals surface area contributed by atoms with Crippen LogP contribution in [0.3, 0.4) is 0 Å². The van der Waals surface area contributed by atoms with E-state index >= 15 is 0 Å². The summed E-state index contributed by atoms with van der Waals surface area (Å²) in [5, 5.41) is 8.56. The van der Waals surface area contributed by atoms with Gasteiger partial charge in [-0.25, -0.2) is 0 Å². The van der Waals surface area contributed by atoms with Crippen LogP contribution in [-0.4, -0.2) is 74.7 Å². The van der Waals surface area contributed by atoms with Gasteiger partial charge in [0.25, 0.3) is 0 Å². The van der Waals surface area contributed by atoms with Gasteiger partial charge in [-0.15, -0.1) is 10.2 Å². The minimum absolute atomic E-state index is 0.495. The minimum Gasteiger partial charge on any atom is -0.481 e. The molecule has 0 N–H and O–H groups in total. The maximum atomic E-state index is 5.22. The lowest BCUT2D eigenvalue weighted by molar-refractivity contribution is 0.371. The van der Waals surface area contributed by atoms with Gasteiger partial charge < -0.3 is 24.2 Å². The molecule has 1 aliphatic rings. The molecule has 0 saturated carbocycles. The van der Waals surface area contributed by atoms with Crippen LogP contribution >= 0.6 is 0 Å². The Labute approximate surface area is 147 Å². The van der Waals surface area contributed by atoms with Crippen molar-refractivity contribution in [2.75, 3.05) is 69.2 Å². The summed E-state index contributed by atoms with van der Waals surface area (Å²) >= 11 is 0. The minimum atomic E-state index is 0.495. The summed E-state index contributed by atoms with van der Waals surface area (Å²) in [7, 11) is 7.06. The van der Waals surface area contributed by atoms with E-state index in [1.54, 1.807) is 20.3 Å². The predicted molar refractivity (Wildman–Crippen MR) is 95.9 cm³/mol. The third-order valence-electron chi connectivity index (χ3n) is 4.07. The first-order valence-electron chi connectivity index (χ1n) is 8.08. The molecule has 2 aromatic heterocycles. The van der Waals surface area contributed by atoms with Gasteiger partial charge in [0.1, 0.15) is 0 Å². The molecule has 0 unspecified atom stereocenters. The molecule has 0 amide bonds. The second-order valence-electron chi connectivity index (χ2n) is 5.87. The van der Waals surface area contributed by atoms with Crippen molar-refractivity contribution >= 4 is 17.6 Å². The number of ether oxygens (including phenoxy) is 2. The molecule has 3 rings (SSSR count). The zero-order chi connectivity index (χ0) is 17.8. The Kier molecular flexibility index (Phi) is 5.01. The van der Waals surface area contributed by atoms with Gasteiger partial charge in [-0.1, -0.05) is 0 Å². The third-order valence-corrected chi connectivity index (χ3v) is 4.07. The van der Waals surface area contributed by atoms with Crippen LogP contribution in [0.1, 0.15) is 0 Å². The summed E-state index contributed by atoms with van der Waals surface area (Å²) in [6.45, 7) is 3.21. The van der Waals surface area contributed by atoms with Crippen LogP contribution in [0.5, 0.6) is 11.8 Å². The standard InChI is InChI=1S/C16H23N7O2/c1-21(2)12-5-6-13(20-19-12)22-7-9-23(10-8-22)16-17-14(24-3)11-15(18-16)25-4/h5-6,11H,7-10H2,1-4H3. The lowest BCUT2D eigenvalue weighted by atomic mass is 10.3. The molecule has 25 heavy (non-hydrogen) atoms. The first-order valence-corrected chi connectivity index (χ1v) is 8.08. The van der Waals surface area contributed by atoms with Crippen LogP contribution in [0.4, 0.5) is 17.6 Å². The fourth-order valence-corrected chi connectivity index (χ4v) is 2.60. The molecule has 1 fully saturated rings. The van der Waals surface area contributed by atoms with Crippen LogP contribution in [0, 0.1) is 0 Å². The summed E-state index contributed by atoms with van der Waals surface area (Å²) in [5.74, 6) is 3.34. The maximum absolute atomic E-state index is 5.22. The molecule has 1 saturated heterocycles. The lowest BCUT2D eigenvalue weighted by Gasteiger charge is -2.35. The Morgan fingerprint density at radius 3 is 1.96 bits per heavy atom. The SMILES string of the molecule is COc1cc(OC)nc(N2CCN(c3ccc(N(C)C)nn3)CC2)n1. The zero-order valence-corrected chi connectivity index (χ0v) is 15.0. The van der Waals surface area contributed by atoms with Gasteiger partial charge in [-0.2, -0.15) is 9.97 Å². The highest BCUT2D eigenvalue weighted by molar-refractivity contribution is 5.46. The highest BCUT2D eigenvalue weighted by Crippen LogP contribution is 2.22. The van der Waals surface area contributed by atoms with E-state index in [-0.39, 0.29) is 0 Å². The topological polar surface area (TPSA) is 79.7 Å². The van der Waals surface area contributed by atoms with Crippen LogP contribution in [0.2, 0.25) is 0 Å². The highest BCUT2D eigenvalue weighted by atomic mass is 16.5. The number of methoxy groups -OCH3 is 2. The summed E-state index contributed by atoms with van der Waals surface area (Å²) < 4.78 is 10.4. The van der Waals surface area contributed by atoms with Crippen molar-refractivity contribution in [1.29, 1.82) is 0 Å². The van der Waals surface area contributed by atoms with Gasteiger partial charge in [-0.05, 0) is 12.1 Å². The monoisotopic (exact) mass is 345 g/mol. The van der Waals surface area contributed by atoms with Crippen molar-refractivity contribution in [3.8, 4) is 11.8 Å². The molecule has 3 heterocycles. The molecule has 0 aromatic carbocycles. The normalized spacial score (nSPS) is 14.4. The molecule has 0 bridgehead atoms. The van der Waals surface area contributed by atoms with E-state index in [2.05, 4.69) is 30.0 Å². The molecule has 9 nitrogen and oxygen atoms in total. The predicted octanol–water partition coefficient (Wildman–Crippen LogP) is 0.676. The van der Waals surface area contributed by atoms with Crippen LogP contribution in [0.25, 0.3) is 0 Å². The summed E-state index contributed by atoms with van der Waals surface area (Å²) in [5.41, 5.74) is 0. The fourth-order valence-electron chi connectivity index (χ4n) is 2.60. The Morgan fingerprint density at radius 2 is 1.48 bits per heavy atom. The number of nitrogens with zero attached hydrogens (tertiary/aromatic N) is 7. The van der Waals surface area contributed by atoms with Gasteiger partial charge in [0.2, 0.25) is 17.7 Å². The van der Waals surface area contributed by atoms with Crippen molar-refractivity contribution < 1.29 is 9.47 Å². The lowest BCUT2D eigenvalue weighted by Crippen LogP contribution is -2.47. The van der Waals surface area contributed by atoms with Crippen LogP contribution < -0.4 is 24.2 Å². The molecule has 0 atom stereocenters. The molecular weight excluding hydrogens is 322 g/mol. The van der Waals surface area contributed by atoms with Crippen molar-refractivity contribution in [2.45, 2.75) is 0 Å². The van der Waals surface area contributed by atoms with Crippen molar-refractivity contribution in [3.05, 3.63) is 18.2 Å². The van der Waals surface area contributed by atoms with E-state index in [0.29, 0.717) is 17.7 Å². The van der Waals surface area contributed by atoms with E-state index in [9.17, 15) is 0 Å². The van der Waals surface area contributed by atoms with Gasteiger partial charge in [0.05, 0.1) is 20.3 Å². The second-order valence-corrected chi connectivity index (χ2v) is 5.87. The van der Waals surface area contributed by atoms with Crippen LogP contribution in [0.15, 0.2) is 18.2 Å². The zero-order valence-electron chi connectivity index (χ0n) is 15.0. The summed E-state index contributed by atoms with van der Waals surface area (Å²) in [6, 6.07) is 5.65. The van der Waals surface area contributed by atoms with Gasteiger partial charge in [-0.3, -0.25) is 0 Å². The molecule has 2 aromatic rings. The quantitative estimate of drug-likeness (QED) is 0.777. The van der Waals surface area contributed by atoms with E-state index in [1.165, 1.54) is 0 Å². The fraction of sp³-hybridized carbons (Fsp3) is 0.500. The first-order chi connectivity index (χ1) is 12.1. The molecule has 0 spiro atoms. The smallest absolute Gasteiger partial charge is 0.232 e. The summed E-state index contributed by atoms with van der Waals surface area (Å²) in [6.07, 6.45) is 0. The number of aromatic nitrogens is 4. The Morgan fingerprint density at radius 1 is 0.880 bits per heavy atom. The number of anilines is 3. The number of piperazine rings is 1. The summed E-state index contributed by atoms with van der Waals surface area (Å²) in [4.78, 5) is 15.1. The number of rotatable bonds is 5. The Hall–Kier alpha value is -2.84. The number of hydrogen-bond donors (Lipinski definition) is 0.